The molecular weight excluding hydrogens is 356 g/mol. The first-order valence-electron chi connectivity index (χ1n) is 7.92. The zero-order valence-corrected chi connectivity index (χ0v) is 14.6. The normalized spacial score (nSPS) is 10.9. The molecule has 0 aliphatic carbocycles. The van der Waals surface area contributed by atoms with Gasteiger partial charge < -0.3 is 20.3 Å². The van der Waals surface area contributed by atoms with Crippen molar-refractivity contribution in [2.24, 2.45) is 0 Å². The van der Waals surface area contributed by atoms with Crippen molar-refractivity contribution in [1.29, 1.82) is 0 Å². The van der Waals surface area contributed by atoms with Crippen molar-refractivity contribution >= 4 is 17.6 Å². The molecule has 0 bridgehead atoms. The van der Waals surface area contributed by atoms with Crippen molar-refractivity contribution in [3.8, 4) is 5.75 Å². The summed E-state index contributed by atoms with van der Waals surface area (Å²) in [4.78, 5) is 28.8. The number of hydrogen-bond acceptors (Lipinski definition) is 6. The molecule has 9 nitrogen and oxygen atoms in total. The Kier molecular flexibility index (Phi) is 8.96. The molecule has 9 heteroatoms. The highest BCUT2D eigenvalue weighted by Crippen LogP contribution is 2.31. The van der Waals surface area contributed by atoms with Crippen LogP contribution in [-0.4, -0.2) is 40.7 Å². The van der Waals surface area contributed by atoms with E-state index in [1.54, 1.807) is 18.2 Å². The molecule has 0 saturated heterocycles. The topological polar surface area (TPSA) is 139 Å². The second-order valence-corrected chi connectivity index (χ2v) is 5.24. The first kappa shape index (κ1) is 21.6. The quantitative estimate of drug-likeness (QED) is 0.380. The Labute approximate surface area is 155 Å². The van der Waals surface area contributed by atoms with Gasteiger partial charge in [-0.05, 0) is 25.2 Å². The zero-order chi connectivity index (χ0) is 20.2. The van der Waals surface area contributed by atoms with E-state index in [4.69, 9.17) is 24.5 Å². The summed E-state index contributed by atoms with van der Waals surface area (Å²) in [7, 11) is 1.87. The summed E-state index contributed by atoms with van der Waals surface area (Å²) in [5.74, 6) is -3.35. The molecule has 2 rings (SSSR count). The average molecular weight is 376 g/mol. The zero-order valence-electron chi connectivity index (χ0n) is 14.6. The lowest BCUT2D eigenvalue weighted by atomic mass is 10.1. The molecule has 0 heterocycles. The Hall–Kier alpha value is -3.46. The largest absolute Gasteiger partial charge is 0.479 e. The van der Waals surface area contributed by atoms with Gasteiger partial charge in [-0.2, -0.15) is 0 Å². The number of carbonyl (C=O) groups is 2. The summed E-state index contributed by atoms with van der Waals surface area (Å²) in [6.45, 7) is 0.764. The lowest BCUT2D eigenvalue weighted by Crippen LogP contribution is -2.16. The molecule has 0 aliphatic heterocycles. The number of rotatable bonds is 7. The third-order valence-corrected chi connectivity index (χ3v) is 3.34. The summed E-state index contributed by atoms with van der Waals surface area (Å²) in [6.07, 6.45) is 0.506. The maximum absolute atomic E-state index is 11.1. The van der Waals surface area contributed by atoms with Crippen molar-refractivity contribution in [3.05, 3.63) is 70.3 Å². The molecule has 0 amide bonds. The van der Waals surface area contributed by atoms with Crippen LogP contribution in [0.2, 0.25) is 0 Å². The molecule has 2 aromatic rings. The van der Waals surface area contributed by atoms with Crippen LogP contribution in [0.3, 0.4) is 0 Å². The minimum atomic E-state index is -1.82. The van der Waals surface area contributed by atoms with Gasteiger partial charge in [-0.15, -0.1) is 0 Å². The molecule has 0 aliphatic rings. The lowest BCUT2D eigenvalue weighted by molar-refractivity contribution is -0.386. The van der Waals surface area contributed by atoms with Gasteiger partial charge in [0, 0.05) is 12.5 Å². The van der Waals surface area contributed by atoms with Crippen LogP contribution in [0.4, 0.5) is 5.69 Å². The molecule has 2 aromatic carbocycles. The highest BCUT2D eigenvalue weighted by molar-refractivity contribution is 6.27. The van der Waals surface area contributed by atoms with Crippen LogP contribution in [0.15, 0.2) is 54.6 Å². The molecule has 27 heavy (non-hydrogen) atoms. The Morgan fingerprint density at radius 1 is 1.07 bits per heavy atom. The van der Waals surface area contributed by atoms with Gasteiger partial charge in [0.25, 0.3) is 0 Å². The van der Waals surface area contributed by atoms with Crippen molar-refractivity contribution in [2.45, 2.75) is 12.5 Å². The fraction of sp³-hybridized carbons (Fsp3) is 0.222. The number of benzene rings is 2. The molecule has 1 unspecified atom stereocenters. The van der Waals surface area contributed by atoms with Crippen LogP contribution < -0.4 is 10.1 Å². The van der Waals surface area contributed by atoms with E-state index < -0.39 is 16.9 Å². The number of aliphatic carboxylic acids is 2. The fourth-order valence-corrected chi connectivity index (χ4v) is 2.10. The van der Waals surface area contributed by atoms with E-state index >= 15 is 0 Å². The predicted octanol–water partition coefficient (Wildman–Crippen LogP) is 2.48. The van der Waals surface area contributed by atoms with Crippen molar-refractivity contribution in [1.82, 2.24) is 5.32 Å². The number of nitro groups is 1. The van der Waals surface area contributed by atoms with Crippen LogP contribution in [0, 0.1) is 10.1 Å². The minimum Gasteiger partial charge on any atom is -0.479 e. The van der Waals surface area contributed by atoms with Gasteiger partial charge in [-0.3, -0.25) is 10.1 Å². The number of nitrogens with one attached hydrogen (secondary N) is 1. The van der Waals surface area contributed by atoms with E-state index in [1.165, 1.54) is 6.07 Å². The molecule has 0 spiro atoms. The maximum Gasteiger partial charge on any atom is 0.414 e. The van der Waals surface area contributed by atoms with Gasteiger partial charge in [0.1, 0.15) is 6.10 Å². The fourth-order valence-electron chi connectivity index (χ4n) is 2.10. The predicted molar refractivity (Wildman–Crippen MR) is 96.7 cm³/mol. The van der Waals surface area contributed by atoms with Crippen molar-refractivity contribution < 1.29 is 29.5 Å². The minimum absolute atomic E-state index is 0.0112. The first-order chi connectivity index (χ1) is 12.9. The van der Waals surface area contributed by atoms with Gasteiger partial charge in [-0.25, -0.2) is 9.59 Å². The second-order valence-electron chi connectivity index (χ2n) is 5.24. The van der Waals surface area contributed by atoms with E-state index in [0.29, 0.717) is 5.75 Å². The summed E-state index contributed by atoms with van der Waals surface area (Å²) < 4.78 is 5.91. The first-order valence-corrected chi connectivity index (χ1v) is 7.92. The number of para-hydroxylation sites is 2. The summed E-state index contributed by atoms with van der Waals surface area (Å²) in [5.41, 5.74) is 0.994. The van der Waals surface area contributed by atoms with E-state index in [-0.39, 0.29) is 11.8 Å². The lowest BCUT2D eigenvalue weighted by Gasteiger charge is -2.19. The molecule has 0 saturated carbocycles. The van der Waals surface area contributed by atoms with Crippen molar-refractivity contribution in [2.75, 3.05) is 13.6 Å². The Morgan fingerprint density at radius 3 is 2.15 bits per heavy atom. The van der Waals surface area contributed by atoms with Crippen LogP contribution in [0.1, 0.15) is 18.1 Å². The highest BCUT2D eigenvalue weighted by atomic mass is 16.6. The number of carboxylic acid groups (broad SMARTS) is 2. The number of carboxylic acids is 2. The third kappa shape index (κ3) is 7.53. The molecule has 0 aromatic heterocycles. The summed E-state index contributed by atoms with van der Waals surface area (Å²) in [6, 6.07) is 16.2. The molecule has 1 atom stereocenters. The molecule has 3 N–H and O–H groups in total. The van der Waals surface area contributed by atoms with Gasteiger partial charge >= 0.3 is 17.6 Å². The van der Waals surface area contributed by atoms with E-state index in [2.05, 4.69) is 5.32 Å². The van der Waals surface area contributed by atoms with Crippen molar-refractivity contribution in [3.63, 3.8) is 0 Å². The number of nitrogens with zero attached hydrogens (tertiary/aromatic N) is 1. The summed E-state index contributed by atoms with van der Waals surface area (Å²) in [5, 5.41) is 28.9. The van der Waals surface area contributed by atoms with Crippen LogP contribution in [0.25, 0.3) is 0 Å². The number of nitro benzene ring substituents is 1. The smallest absolute Gasteiger partial charge is 0.414 e. The maximum atomic E-state index is 11.1. The van der Waals surface area contributed by atoms with Crippen LogP contribution in [0.5, 0.6) is 5.75 Å². The summed E-state index contributed by atoms with van der Waals surface area (Å²) >= 11 is 0. The Balaban J connectivity index is 0.000000527. The monoisotopic (exact) mass is 376 g/mol. The molecule has 144 valence electrons. The van der Waals surface area contributed by atoms with E-state index in [9.17, 15) is 10.1 Å². The van der Waals surface area contributed by atoms with E-state index in [1.807, 2.05) is 37.4 Å². The van der Waals surface area contributed by atoms with Crippen LogP contribution >= 0.6 is 0 Å². The second kappa shape index (κ2) is 11.2. The standard InChI is InChI=1S/C16H18N2O3.C2H2O4/c1-17-12-11-15(13-7-3-2-4-8-13)21-16-10-6-5-9-14(16)18(19)20;3-1(4)2(5)6/h2-10,15,17H,11-12H2,1H3;(H,3,4)(H,5,6). The molecule has 0 radical (unpaired) electrons. The number of hydrogen-bond donors (Lipinski definition) is 3. The third-order valence-electron chi connectivity index (χ3n) is 3.34. The van der Waals surface area contributed by atoms with Gasteiger partial charge in [0.15, 0.2) is 5.75 Å². The Morgan fingerprint density at radius 2 is 1.63 bits per heavy atom. The highest BCUT2D eigenvalue weighted by Gasteiger charge is 2.19. The molecular formula is C18H20N2O7. The van der Waals surface area contributed by atoms with Gasteiger partial charge in [-0.1, -0.05) is 42.5 Å². The SMILES string of the molecule is CNCCC(Oc1ccccc1[N+](=O)[O-])c1ccccc1.O=C(O)C(=O)O. The number of ether oxygens (including phenoxy) is 1. The van der Waals surface area contributed by atoms with E-state index in [0.717, 1.165) is 18.5 Å². The van der Waals surface area contributed by atoms with Crippen LogP contribution in [-0.2, 0) is 9.59 Å². The van der Waals surface area contributed by atoms with Gasteiger partial charge in [0.2, 0.25) is 0 Å². The molecule has 0 fully saturated rings. The Bertz CT molecular complexity index is 753. The van der Waals surface area contributed by atoms with Gasteiger partial charge in [0.05, 0.1) is 4.92 Å². The average Bonchev–Trinajstić information content (AvgIpc) is 2.66.